The minimum absolute atomic E-state index is 0.0384. The second kappa shape index (κ2) is 8.06. The van der Waals surface area contributed by atoms with Gasteiger partial charge in [0.2, 0.25) is 0 Å². The maximum atomic E-state index is 12.0. The van der Waals surface area contributed by atoms with Gasteiger partial charge >= 0.3 is 5.97 Å². The van der Waals surface area contributed by atoms with Crippen LogP contribution in [0.5, 0.6) is 5.75 Å². The Morgan fingerprint density at radius 3 is 2.46 bits per heavy atom. The first-order chi connectivity index (χ1) is 12.5. The van der Waals surface area contributed by atoms with Crippen molar-refractivity contribution < 1.29 is 19.1 Å². The number of hydrogen-bond donors (Lipinski definition) is 1. The molecule has 1 aliphatic carbocycles. The molecule has 5 nitrogen and oxygen atoms in total. The molecule has 3 rings (SSSR count). The molecule has 2 aromatic rings. The van der Waals surface area contributed by atoms with E-state index in [1.165, 1.54) is 18.9 Å². The summed E-state index contributed by atoms with van der Waals surface area (Å²) in [6.45, 7) is 0.782. The number of carbonyl (C=O) groups is 1. The Balaban J connectivity index is 1.76. The molecular weight excluding hydrogens is 330 g/mol. The molecule has 26 heavy (non-hydrogen) atoms. The number of furan rings is 1. The summed E-state index contributed by atoms with van der Waals surface area (Å²) < 4.78 is 10.3. The third-order valence-electron chi connectivity index (χ3n) is 5.17. The number of benzene rings is 1. The maximum Gasteiger partial charge on any atom is 0.346 e. The highest BCUT2D eigenvalue weighted by Gasteiger charge is 2.38. The highest BCUT2D eigenvalue weighted by atomic mass is 16.5. The quantitative estimate of drug-likeness (QED) is 0.629. The Labute approximate surface area is 154 Å². The number of nitrogens with zero attached hydrogens (tertiary/aromatic N) is 1. The first-order valence-electron chi connectivity index (χ1n) is 9.19. The van der Waals surface area contributed by atoms with Crippen molar-refractivity contribution in [3.63, 3.8) is 0 Å². The highest BCUT2D eigenvalue weighted by molar-refractivity contribution is 5.90. The molecule has 0 bridgehead atoms. The summed E-state index contributed by atoms with van der Waals surface area (Å²) in [5.41, 5.74) is 0.791. The molecule has 1 aromatic carbocycles. The fourth-order valence-electron chi connectivity index (χ4n) is 3.78. The molecule has 140 valence electrons. The lowest BCUT2D eigenvalue weighted by atomic mass is 9.72. The van der Waals surface area contributed by atoms with Crippen LogP contribution in [0.25, 0.3) is 0 Å². The summed E-state index contributed by atoms with van der Waals surface area (Å²) in [6.07, 6.45) is 7.81. The van der Waals surface area contributed by atoms with E-state index in [0.717, 1.165) is 37.8 Å². The normalized spacial score (nSPS) is 17.8. The zero-order chi connectivity index (χ0) is 18.6. The van der Waals surface area contributed by atoms with Crippen LogP contribution in [0.1, 0.15) is 53.9 Å². The fraction of sp³-hybridized carbons (Fsp3) is 0.476. The van der Waals surface area contributed by atoms with Crippen LogP contribution in [0, 0.1) is 0 Å². The fourth-order valence-corrected chi connectivity index (χ4v) is 3.78. The molecule has 0 spiro atoms. The van der Waals surface area contributed by atoms with Gasteiger partial charge in [-0.15, -0.1) is 0 Å². The minimum Gasteiger partial charge on any atom is -0.472 e. The van der Waals surface area contributed by atoms with Crippen molar-refractivity contribution in [1.29, 1.82) is 0 Å². The van der Waals surface area contributed by atoms with E-state index in [1.807, 2.05) is 26.2 Å². The number of esters is 1. The number of ether oxygens (including phenoxy) is 1. The van der Waals surface area contributed by atoms with E-state index in [1.54, 1.807) is 18.2 Å². The third kappa shape index (κ3) is 4.34. The molecule has 1 fully saturated rings. The summed E-state index contributed by atoms with van der Waals surface area (Å²) in [6, 6.07) is 9.07. The molecule has 1 saturated carbocycles. The van der Waals surface area contributed by atoms with Crippen LogP contribution in [0.15, 0.2) is 47.3 Å². The molecule has 0 amide bonds. The largest absolute Gasteiger partial charge is 0.472 e. The van der Waals surface area contributed by atoms with Crippen molar-refractivity contribution in [2.75, 3.05) is 20.6 Å². The van der Waals surface area contributed by atoms with Crippen molar-refractivity contribution in [1.82, 2.24) is 4.90 Å². The van der Waals surface area contributed by atoms with Crippen molar-refractivity contribution in [2.45, 2.75) is 43.6 Å². The van der Waals surface area contributed by atoms with Crippen LogP contribution >= 0.6 is 0 Å². The predicted molar refractivity (Wildman–Crippen MR) is 99.4 cm³/mol. The monoisotopic (exact) mass is 357 g/mol. The van der Waals surface area contributed by atoms with Crippen LogP contribution in [-0.4, -0.2) is 42.2 Å². The zero-order valence-electron chi connectivity index (χ0n) is 15.5. The third-order valence-corrected chi connectivity index (χ3v) is 5.17. The summed E-state index contributed by atoms with van der Waals surface area (Å²) in [5.74, 6) is 0.0814. The van der Waals surface area contributed by atoms with Gasteiger partial charge in [-0.1, -0.05) is 31.4 Å². The Morgan fingerprint density at radius 1 is 1.19 bits per heavy atom. The SMILES string of the molecule is CN(C)CC(c1ccc(OC(=O)c2ccoc2)cc1)C1(O)CCCCC1. The van der Waals surface area contributed by atoms with E-state index in [2.05, 4.69) is 4.90 Å². The van der Waals surface area contributed by atoms with E-state index in [0.29, 0.717) is 11.3 Å². The minimum atomic E-state index is -0.669. The smallest absolute Gasteiger partial charge is 0.346 e. The topological polar surface area (TPSA) is 62.9 Å². The zero-order valence-corrected chi connectivity index (χ0v) is 15.5. The molecule has 1 N–H and O–H groups in total. The maximum absolute atomic E-state index is 12.0. The Morgan fingerprint density at radius 2 is 1.88 bits per heavy atom. The summed E-state index contributed by atoms with van der Waals surface area (Å²) in [4.78, 5) is 14.1. The van der Waals surface area contributed by atoms with Gasteiger partial charge in [0, 0.05) is 12.5 Å². The van der Waals surface area contributed by atoms with Crippen LogP contribution in [-0.2, 0) is 0 Å². The lowest BCUT2D eigenvalue weighted by molar-refractivity contribution is -0.0277. The molecule has 5 heteroatoms. The summed E-state index contributed by atoms with van der Waals surface area (Å²) >= 11 is 0. The van der Waals surface area contributed by atoms with E-state index in [-0.39, 0.29) is 5.92 Å². The summed E-state index contributed by atoms with van der Waals surface area (Å²) in [5, 5.41) is 11.3. The van der Waals surface area contributed by atoms with Crippen LogP contribution in [0.3, 0.4) is 0 Å². The predicted octanol–water partition coefficient (Wildman–Crippen LogP) is 3.84. The van der Waals surface area contributed by atoms with Crippen molar-refractivity contribution >= 4 is 5.97 Å². The number of hydrogen-bond acceptors (Lipinski definition) is 5. The van der Waals surface area contributed by atoms with Gasteiger partial charge in [-0.25, -0.2) is 4.79 Å². The van der Waals surface area contributed by atoms with Gasteiger partial charge in [0.15, 0.2) is 0 Å². The van der Waals surface area contributed by atoms with Gasteiger partial charge < -0.3 is 19.2 Å². The van der Waals surface area contributed by atoms with Gasteiger partial charge in [-0.2, -0.15) is 0 Å². The van der Waals surface area contributed by atoms with Gasteiger partial charge in [0.25, 0.3) is 0 Å². The van der Waals surface area contributed by atoms with E-state index in [9.17, 15) is 9.90 Å². The Bertz CT molecular complexity index is 700. The average Bonchev–Trinajstić information content (AvgIpc) is 3.16. The molecule has 1 aliphatic rings. The standard InChI is InChI=1S/C21H27NO4/c1-22(2)14-19(21(24)11-4-3-5-12-21)16-6-8-18(9-7-16)26-20(23)17-10-13-25-15-17/h6-10,13,15,19,24H,3-5,11-12,14H2,1-2H3. The highest BCUT2D eigenvalue weighted by Crippen LogP contribution is 2.40. The Hall–Kier alpha value is -2.11. The molecule has 1 aromatic heterocycles. The van der Waals surface area contributed by atoms with Crippen molar-refractivity contribution in [3.8, 4) is 5.75 Å². The first kappa shape index (κ1) is 18.7. The lowest BCUT2D eigenvalue weighted by Gasteiger charge is -2.40. The number of carbonyl (C=O) groups excluding carboxylic acids is 1. The molecule has 0 saturated heterocycles. The molecule has 1 heterocycles. The summed E-state index contributed by atoms with van der Waals surface area (Å²) in [7, 11) is 4.06. The lowest BCUT2D eigenvalue weighted by Crippen LogP contribution is -2.42. The molecular formula is C21H27NO4. The molecule has 1 unspecified atom stereocenters. The van der Waals surface area contributed by atoms with Gasteiger partial charge in [0.05, 0.1) is 17.4 Å². The number of likely N-dealkylation sites (N-methyl/N-ethyl adjacent to an activating group) is 1. The number of rotatable bonds is 6. The van der Waals surface area contributed by atoms with Gasteiger partial charge in [-0.3, -0.25) is 0 Å². The Kier molecular flexibility index (Phi) is 5.79. The molecule has 0 radical (unpaired) electrons. The van der Waals surface area contributed by atoms with Gasteiger partial charge in [0.1, 0.15) is 12.0 Å². The number of aliphatic hydroxyl groups is 1. The van der Waals surface area contributed by atoms with E-state index in [4.69, 9.17) is 9.15 Å². The molecule has 1 atom stereocenters. The second-order valence-electron chi connectivity index (χ2n) is 7.45. The van der Waals surface area contributed by atoms with Gasteiger partial charge in [-0.05, 0) is 50.7 Å². The van der Waals surface area contributed by atoms with Crippen molar-refractivity contribution in [2.24, 2.45) is 0 Å². The second-order valence-corrected chi connectivity index (χ2v) is 7.45. The van der Waals surface area contributed by atoms with Crippen molar-refractivity contribution in [3.05, 3.63) is 54.0 Å². The van der Waals surface area contributed by atoms with Crippen LogP contribution in [0.2, 0.25) is 0 Å². The first-order valence-corrected chi connectivity index (χ1v) is 9.19. The van der Waals surface area contributed by atoms with E-state index < -0.39 is 11.6 Å². The average molecular weight is 357 g/mol. The van der Waals surface area contributed by atoms with E-state index >= 15 is 0 Å². The van der Waals surface area contributed by atoms with Crippen LogP contribution < -0.4 is 4.74 Å². The molecule has 0 aliphatic heterocycles. The van der Waals surface area contributed by atoms with Crippen LogP contribution in [0.4, 0.5) is 0 Å².